The molecule has 2 heterocycles. The predicted molar refractivity (Wildman–Crippen MR) is 110 cm³/mol. The molecule has 1 saturated heterocycles. The van der Waals surface area contributed by atoms with Crippen molar-refractivity contribution in [3.8, 4) is 5.75 Å². The van der Waals surface area contributed by atoms with Crippen molar-refractivity contribution in [2.45, 2.75) is 44.5 Å². The predicted octanol–water partition coefficient (Wildman–Crippen LogP) is 2.55. The largest absolute Gasteiger partial charge is 0.426 e. The number of allylic oxidation sites excluding steroid dienone is 1. The fourth-order valence-electron chi connectivity index (χ4n) is 3.22. The first-order valence-corrected chi connectivity index (χ1v) is 10.7. The highest BCUT2D eigenvalue weighted by molar-refractivity contribution is 7.33. The highest BCUT2D eigenvalue weighted by Gasteiger charge is 2.48. The molecule has 1 fully saturated rings. The molecule has 2 unspecified atom stereocenters. The summed E-state index contributed by atoms with van der Waals surface area (Å²) in [7, 11) is -1.29. The van der Waals surface area contributed by atoms with Crippen molar-refractivity contribution in [2.75, 3.05) is 13.7 Å². The minimum atomic E-state index is -2.79. The molecule has 0 bridgehead atoms. The first-order valence-electron chi connectivity index (χ1n) is 9.52. The first kappa shape index (κ1) is 22.5. The number of benzene rings is 1. The molecule has 30 heavy (non-hydrogen) atoms. The van der Waals surface area contributed by atoms with Gasteiger partial charge in [0.15, 0.2) is 12.0 Å². The van der Waals surface area contributed by atoms with Crippen LogP contribution in [-0.4, -0.2) is 48.7 Å². The SMILES string of the molecule is COC(CO[PH](=O)Oc1ccccc1)[C@H]1OC(C)(C)O[C@H]1N1C=CCC(C(N)=O)=C1. The average molecular weight is 438 g/mol. The molecule has 4 atom stereocenters. The fourth-order valence-corrected chi connectivity index (χ4v) is 3.91. The monoisotopic (exact) mass is 438 g/mol. The summed E-state index contributed by atoms with van der Waals surface area (Å²) in [5.74, 6) is -0.941. The molecule has 0 radical (unpaired) electrons. The molecule has 2 aliphatic heterocycles. The molecule has 10 heteroatoms. The van der Waals surface area contributed by atoms with E-state index in [1.54, 1.807) is 55.4 Å². The zero-order valence-corrected chi connectivity index (χ0v) is 18.1. The smallest absolute Gasteiger partial charge is 0.367 e. The van der Waals surface area contributed by atoms with Gasteiger partial charge in [0.05, 0.1) is 6.61 Å². The van der Waals surface area contributed by atoms with E-state index in [0.717, 1.165) is 0 Å². The Morgan fingerprint density at radius 1 is 1.33 bits per heavy atom. The number of hydrogen-bond acceptors (Lipinski definition) is 8. The third-order valence-electron chi connectivity index (χ3n) is 4.62. The lowest BCUT2D eigenvalue weighted by atomic mass is 10.1. The third-order valence-corrected chi connectivity index (χ3v) is 5.42. The van der Waals surface area contributed by atoms with E-state index in [4.69, 9.17) is 29.0 Å². The van der Waals surface area contributed by atoms with Gasteiger partial charge in [0.2, 0.25) is 5.91 Å². The maximum atomic E-state index is 12.2. The first-order chi connectivity index (χ1) is 14.3. The van der Waals surface area contributed by atoms with Crippen molar-refractivity contribution in [3.63, 3.8) is 0 Å². The lowest BCUT2D eigenvalue weighted by molar-refractivity contribution is -0.163. The van der Waals surface area contributed by atoms with Crippen molar-refractivity contribution in [2.24, 2.45) is 5.73 Å². The van der Waals surface area contributed by atoms with Crippen molar-refractivity contribution >= 4 is 14.2 Å². The second-order valence-corrected chi connectivity index (χ2v) is 8.29. The van der Waals surface area contributed by atoms with E-state index in [1.165, 1.54) is 7.11 Å². The van der Waals surface area contributed by atoms with Crippen molar-refractivity contribution < 1.29 is 32.6 Å². The number of para-hydroxylation sites is 1. The van der Waals surface area contributed by atoms with Crippen molar-refractivity contribution in [1.29, 1.82) is 0 Å². The van der Waals surface area contributed by atoms with E-state index >= 15 is 0 Å². The molecule has 0 aromatic heterocycles. The summed E-state index contributed by atoms with van der Waals surface area (Å²) >= 11 is 0. The van der Waals surface area contributed by atoms with Crippen LogP contribution >= 0.6 is 8.25 Å². The Kier molecular flexibility index (Phi) is 7.33. The summed E-state index contributed by atoms with van der Waals surface area (Å²) in [5.41, 5.74) is 5.87. The molecular formula is C20H27N2O7P. The standard InChI is InChI=1S/C20H27N2O7P/c1-20(2)27-17(19(28-20)22-11-7-8-14(12-22)18(21)23)16(25-3)13-26-30(24)29-15-9-5-4-6-10-15/h4-7,9-12,16-17,19,30H,8,13H2,1-3H3,(H2,21,23)/t16?,17-,19-/m1/s1. The maximum Gasteiger partial charge on any atom is 0.367 e. The zero-order chi connectivity index (χ0) is 21.7. The number of nitrogens with zero attached hydrogens (tertiary/aromatic N) is 1. The van der Waals surface area contributed by atoms with Gasteiger partial charge in [0.25, 0.3) is 0 Å². The quantitative estimate of drug-likeness (QED) is 0.586. The summed E-state index contributed by atoms with van der Waals surface area (Å²) in [5, 5.41) is 0. The van der Waals surface area contributed by atoms with Crippen LogP contribution in [0.4, 0.5) is 0 Å². The van der Waals surface area contributed by atoms with Gasteiger partial charge in [-0.25, -0.2) is 4.57 Å². The maximum absolute atomic E-state index is 12.2. The number of carbonyl (C=O) groups is 1. The highest BCUT2D eigenvalue weighted by atomic mass is 31.1. The van der Waals surface area contributed by atoms with Crippen molar-refractivity contribution in [3.05, 3.63) is 54.4 Å². The summed E-state index contributed by atoms with van der Waals surface area (Å²) in [6, 6.07) is 8.77. The molecule has 2 aliphatic rings. The van der Waals surface area contributed by atoms with Crippen LogP contribution < -0.4 is 10.3 Å². The number of nitrogens with two attached hydrogens (primary N) is 1. The highest BCUT2D eigenvalue weighted by Crippen LogP contribution is 2.36. The molecule has 9 nitrogen and oxygen atoms in total. The summed E-state index contributed by atoms with van der Waals surface area (Å²) in [6.45, 7) is 3.52. The van der Waals surface area contributed by atoms with Crippen LogP contribution in [0.15, 0.2) is 54.4 Å². The number of rotatable bonds is 9. The van der Waals surface area contributed by atoms with Gasteiger partial charge in [-0.2, -0.15) is 0 Å². The molecular weight excluding hydrogens is 411 g/mol. The Morgan fingerprint density at radius 2 is 2.07 bits per heavy atom. The molecule has 1 amide bonds. The van der Waals surface area contributed by atoms with Crippen LogP contribution in [0, 0.1) is 0 Å². The number of carbonyl (C=O) groups excluding carboxylic acids is 1. The summed E-state index contributed by atoms with van der Waals surface area (Å²) in [4.78, 5) is 13.3. The van der Waals surface area contributed by atoms with Crippen LogP contribution in [0.1, 0.15) is 20.3 Å². The van der Waals surface area contributed by atoms with E-state index in [2.05, 4.69) is 0 Å². The lowest BCUT2D eigenvalue weighted by Gasteiger charge is -2.32. The Morgan fingerprint density at radius 3 is 2.73 bits per heavy atom. The van der Waals surface area contributed by atoms with Crippen LogP contribution in [-0.2, 0) is 28.1 Å². The van der Waals surface area contributed by atoms with Crippen LogP contribution in [0.2, 0.25) is 0 Å². The van der Waals surface area contributed by atoms with Gasteiger partial charge in [-0.05, 0) is 32.4 Å². The minimum Gasteiger partial charge on any atom is -0.426 e. The van der Waals surface area contributed by atoms with Gasteiger partial charge in [-0.1, -0.05) is 24.3 Å². The number of primary amides is 1. The van der Waals surface area contributed by atoms with Gasteiger partial charge in [-0.15, -0.1) is 0 Å². The molecule has 1 aromatic carbocycles. The molecule has 0 saturated carbocycles. The second-order valence-electron chi connectivity index (χ2n) is 7.30. The second kappa shape index (κ2) is 9.76. The van der Waals surface area contributed by atoms with E-state index in [1.807, 2.05) is 12.1 Å². The molecule has 164 valence electrons. The van der Waals surface area contributed by atoms with E-state index in [9.17, 15) is 9.36 Å². The molecule has 3 rings (SSSR count). The third kappa shape index (κ3) is 5.71. The fraction of sp³-hybridized carbons (Fsp3) is 0.450. The van der Waals surface area contributed by atoms with Crippen molar-refractivity contribution in [1.82, 2.24) is 4.90 Å². The molecule has 1 aromatic rings. The topological polar surface area (TPSA) is 110 Å². The van der Waals surface area contributed by atoms with E-state index in [0.29, 0.717) is 17.7 Å². The minimum absolute atomic E-state index is 0.0360. The van der Waals surface area contributed by atoms with Crippen LogP contribution in [0.5, 0.6) is 5.75 Å². The Balaban J connectivity index is 1.68. The van der Waals surface area contributed by atoms with E-state index < -0.39 is 38.4 Å². The van der Waals surface area contributed by atoms with Gasteiger partial charge in [0.1, 0.15) is 18.0 Å². The van der Waals surface area contributed by atoms with E-state index in [-0.39, 0.29) is 6.61 Å². The van der Waals surface area contributed by atoms with Crippen LogP contribution in [0.3, 0.4) is 0 Å². The zero-order valence-electron chi connectivity index (χ0n) is 17.1. The Bertz CT molecular complexity index is 828. The lowest BCUT2D eigenvalue weighted by Crippen LogP contribution is -2.45. The number of hydrogen-bond donors (Lipinski definition) is 1. The average Bonchev–Trinajstić information content (AvgIpc) is 3.04. The Labute approximate surface area is 176 Å². The molecule has 0 aliphatic carbocycles. The number of ether oxygens (including phenoxy) is 3. The van der Waals surface area contributed by atoms with Gasteiger partial charge in [-0.3, -0.25) is 9.32 Å². The summed E-state index contributed by atoms with van der Waals surface area (Å²) in [6.07, 6.45) is 3.90. The number of amides is 1. The molecule has 0 spiro atoms. The van der Waals surface area contributed by atoms with Gasteiger partial charge < -0.3 is 29.4 Å². The normalized spacial score (nSPS) is 24.9. The number of methoxy groups -OCH3 is 1. The van der Waals surface area contributed by atoms with Crippen LogP contribution in [0.25, 0.3) is 0 Å². The Hall–Kier alpha value is -2.16. The molecule has 2 N–H and O–H groups in total. The van der Waals surface area contributed by atoms with Gasteiger partial charge in [0, 0.05) is 25.1 Å². The summed E-state index contributed by atoms with van der Waals surface area (Å²) < 4.78 is 40.5. The van der Waals surface area contributed by atoms with Gasteiger partial charge >= 0.3 is 8.25 Å².